The molecule has 0 radical (unpaired) electrons. The number of hydrazine groups is 1. The van der Waals surface area contributed by atoms with Gasteiger partial charge in [0.05, 0.1) is 11.1 Å². The molecule has 2 aliphatic rings. The molecule has 2 aliphatic heterocycles. The summed E-state index contributed by atoms with van der Waals surface area (Å²) in [6.07, 6.45) is 0.579. The van der Waals surface area contributed by atoms with Crippen LogP contribution in [0.15, 0.2) is 34.9 Å². The van der Waals surface area contributed by atoms with E-state index >= 15 is 0 Å². The summed E-state index contributed by atoms with van der Waals surface area (Å²) in [6.45, 7) is 2.00. The molecule has 0 unspecified atom stereocenters. The maximum absolute atomic E-state index is 12.6. The number of aryl methyl sites for hydroxylation is 1. The van der Waals surface area contributed by atoms with Gasteiger partial charge in [0.2, 0.25) is 11.8 Å². The predicted octanol–water partition coefficient (Wildman–Crippen LogP) is 0.375. The standard InChI is InChI=1S/C21H21N5O6/c1-13-11-16(23-32-13)21(31)26-10-4-9-25(26)18(28)7-8-22-17(27)12-24-19(29)14-5-2-3-6-15(14)20(24)30/h2-3,5-6,11H,4,7-10,12H2,1H3,(H,22,27). The minimum Gasteiger partial charge on any atom is -0.361 e. The fourth-order valence-corrected chi connectivity index (χ4v) is 3.70. The number of benzene rings is 1. The topological polar surface area (TPSA) is 133 Å². The van der Waals surface area contributed by atoms with Gasteiger partial charge >= 0.3 is 0 Å². The first-order chi connectivity index (χ1) is 15.4. The Morgan fingerprint density at radius 2 is 1.72 bits per heavy atom. The smallest absolute Gasteiger partial charge is 0.294 e. The maximum Gasteiger partial charge on any atom is 0.294 e. The van der Waals surface area contributed by atoms with Crippen LogP contribution in [0.2, 0.25) is 0 Å². The van der Waals surface area contributed by atoms with Gasteiger partial charge in [-0.3, -0.25) is 33.9 Å². The highest BCUT2D eigenvalue weighted by atomic mass is 16.5. The first-order valence-corrected chi connectivity index (χ1v) is 10.1. The summed E-state index contributed by atoms with van der Waals surface area (Å²) in [7, 11) is 0. The second kappa shape index (κ2) is 8.61. The van der Waals surface area contributed by atoms with Crippen molar-refractivity contribution >= 4 is 29.5 Å². The molecule has 1 fully saturated rings. The fraction of sp³-hybridized carbons (Fsp3) is 0.333. The van der Waals surface area contributed by atoms with Gasteiger partial charge in [-0.2, -0.15) is 0 Å². The van der Waals surface area contributed by atoms with E-state index in [1.54, 1.807) is 19.1 Å². The van der Waals surface area contributed by atoms with Gasteiger partial charge in [-0.15, -0.1) is 0 Å². The molecule has 2 aromatic rings. The lowest BCUT2D eigenvalue weighted by Crippen LogP contribution is -2.46. The van der Waals surface area contributed by atoms with Crippen LogP contribution in [-0.4, -0.2) is 75.8 Å². The van der Waals surface area contributed by atoms with Gasteiger partial charge in [0, 0.05) is 32.1 Å². The van der Waals surface area contributed by atoms with Crippen molar-refractivity contribution in [3.05, 3.63) is 52.9 Å². The molecule has 1 saturated heterocycles. The monoisotopic (exact) mass is 439 g/mol. The van der Waals surface area contributed by atoms with Gasteiger partial charge in [-0.1, -0.05) is 17.3 Å². The van der Waals surface area contributed by atoms with E-state index < -0.39 is 30.2 Å². The third-order valence-electron chi connectivity index (χ3n) is 5.24. The number of hydrogen-bond donors (Lipinski definition) is 1. The van der Waals surface area contributed by atoms with Crippen molar-refractivity contribution in [2.24, 2.45) is 0 Å². The van der Waals surface area contributed by atoms with E-state index in [1.807, 2.05) is 0 Å². The molecule has 1 N–H and O–H groups in total. The summed E-state index contributed by atoms with van der Waals surface area (Å²) in [5.41, 5.74) is 0.652. The Bertz CT molecular complexity index is 1070. The first-order valence-electron chi connectivity index (χ1n) is 10.1. The molecule has 0 spiro atoms. The van der Waals surface area contributed by atoms with E-state index in [0.717, 1.165) is 4.90 Å². The maximum atomic E-state index is 12.6. The van der Waals surface area contributed by atoms with Crippen molar-refractivity contribution in [3.8, 4) is 0 Å². The molecular weight excluding hydrogens is 418 g/mol. The zero-order chi connectivity index (χ0) is 22.8. The van der Waals surface area contributed by atoms with Crippen LogP contribution in [0.1, 0.15) is 49.8 Å². The summed E-state index contributed by atoms with van der Waals surface area (Å²) in [6, 6.07) is 7.87. The molecule has 11 nitrogen and oxygen atoms in total. The molecule has 4 rings (SSSR count). The number of carbonyl (C=O) groups excluding carboxylic acids is 5. The lowest BCUT2D eigenvalue weighted by molar-refractivity contribution is -0.140. The summed E-state index contributed by atoms with van der Waals surface area (Å²) < 4.78 is 4.92. The summed E-state index contributed by atoms with van der Waals surface area (Å²) in [5.74, 6) is -1.87. The second-order valence-corrected chi connectivity index (χ2v) is 7.46. The van der Waals surface area contributed by atoms with Gasteiger partial charge in [-0.25, -0.2) is 5.01 Å². The van der Waals surface area contributed by atoms with Crippen molar-refractivity contribution in [3.63, 3.8) is 0 Å². The van der Waals surface area contributed by atoms with Gasteiger partial charge in [0.15, 0.2) is 5.69 Å². The molecule has 0 saturated carbocycles. The molecule has 3 heterocycles. The number of rotatable bonds is 6. The van der Waals surface area contributed by atoms with Crippen LogP contribution in [0.5, 0.6) is 0 Å². The molecule has 11 heteroatoms. The number of amides is 5. The number of nitrogens with zero attached hydrogens (tertiary/aromatic N) is 4. The zero-order valence-electron chi connectivity index (χ0n) is 17.4. The Kier molecular flexibility index (Phi) is 5.71. The van der Waals surface area contributed by atoms with E-state index in [0.29, 0.717) is 25.3 Å². The van der Waals surface area contributed by atoms with E-state index in [4.69, 9.17) is 4.52 Å². The van der Waals surface area contributed by atoms with E-state index in [2.05, 4.69) is 10.5 Å². The number of fused-ring (bicyclic) bond motifs is 1. The minimum absolute atomic E-state index is 0.00242. The van der Waals surface area contributed by atoms with Crippen LogP contribution >= 0.6 is 0 Å². The quantitative estimate of drug-likeness (QED) is 0.643. The average molecular weight is 439 g/mol. The van der Waals surface area contributed by atoms with Crippen LogP contribution in [0.4, 0.5) is 0 Å². The number of aromatic nitrogens is 1. The SMILES string of the molecule is Cc1cc(C(=O)N2CCCN2C(=O)CCNC(=O)CN2C(=O)c3ccccc3C2=O)no1. The third kappa shape index (κ3) is 3.96. The Morgan fingerprint density at radius 3 is 2.34 bits per heavy atom. The van der Waals surface area contributed by atoms with E-state index in [9.17, 15) is 24.0 Å². The summed E-state index contributed by atoms with van der Waals surface area (Å²) in [4.78, 5) is 63.0. The van der Waals surface area contributed by atoms with E-state index in [1.165, 1.54) is 28.2 Å². The van der Waals surface area contributed by atoms with E-state index in [-0.39, 0.29) is 35.7 Å². The molecule has 0 atom stereocenters. The molecule has 32 heavy (non-hydrogen) atoms. The van der Waals surface area contributed by atoms with Crippen molar-refractivity contribution in [2.45, 2.75) is 19.8 Å². The Balaban J connectivity index is 1.27. The number of hydrogen-bond acceptors (Lipinski definition) is 7. The lowest BCUT2D eigenvalue weighted by Gasteiger charge is -2.27. The fourth-order valence-electron chi connectivity index (χ4n) is 3.70. The molecule has 5 amide bonds. The summed E-state index contributed by atoms with van der Waals surface area (Å²) in [5, 5.41) is 8.90. The predicted molar refractivity (Wildman–Crippen MR) is 108 cm³/mol. The van der Waals surface area contributed by atoms with Crippen molar-refractivity contribution in [1.82, 2.24) is 25.4 Å². The van der Waals surface area contributed by atoms with Crippen molar-refractivity contribution in [1.29, 1.82) is 0 Å². The highest BCUT2D eigenvalue weighted by Crippen LogP contribution is 2.22. The van der Waals surface area contributed by atoms with Gasteiger partial charge in [0.1, 0.15) is 12.3 Å². The Morgan fingerprint density at radius 1 is 1.06 bits per heavy atom. The molecule has 1 aromatic carbocycles. The Hall–Kier alpha value is -4.02. The average Bonchev–Trinajstić information content (AvgIpc) is 3.49. The molecule has 1 aromatic heterocycles. The van der Waals surface area contributed by atoms with Crippen molar-refractivity contribution < 1.29 is 28.5 Å². The second-order valence-electron chi connectivity index (χ2n) is 7.46. The molecule has 0 aliphatic carbocycles. The number of carbonyl (C=O) groups is 5. The summed E-state index contributed by atoms with van der Waals surface area (Å²) >= 11 is 0. The van der Waals surface area contributed by atoms with Crippen LogP contribution in [-0.2, 0) is 9.59 Å². The largest absolute Gasteiger partial charge is 0.361 e. The first kappa shape index (κ1) is 21.2. The highest BCUT2D eigenvalue weighted by molar-refractivity contribution is 6.22. The van der Waals surface area contributed by atoms with Gasteiger partial charge in [-0.05, 0) is 25.5 Å². The zero-order valence-corrected chi connectivity index (χ0v) is 17.4. The normalized spacial score (nSPS) is 15.3. The van der Waals surface area contributed by atoms with Gasteiger partial charge < -0.3 is 9.84 Å². The van der Waals surface area contributed by atoms with Crippen LogP contribution in [0, 0.1) is 6.92 Å². The van der Waals surface area contributed by atoms with Crippen LogP contribution in [0.25, 0.3) is 0 Å². The van der Waals surface area contributed by atoms with Crippen LogP contribution in [0.3, 0.4) is 0 Å². The van der Waals surface area contributed by atoms with Gasteiger partial charge in [0.25, 0.3) is 17.7 Å². The Labute approximate surface area is 182 Å². The van der Waals surface area contributed by atoms with Crippen LogP contribution < -0.4 is 5.32 Å². The minimum atomic E-state index is -0.556. The molecule has 166 valence electrons. The molecular formula is C21H21N5O6. The third-order valence-corrected chi connectivity index (χ3v) is 5.24. The molecule has 0 bridgehead atoms. The van der Waals surface area contributed by atoms with Crippen molar-refractivity contribution in [2.75, 3.05) is 26.2 Å². The number of nitrogens with one attached hydrogen (secondary N) is 1. The highest BCUT2D eigenvalue weighted by Gasteiger charge is 2.36. The number of imide groups is 1. The lowest BCUT2D eigenvalue weighted by atomic mass is 10.1.